The minimum absolute atomic E-state index is 0.0610. The molecule has 0 bridgehead atoms. The van der Waals surface area contributed by atoms with E-state index in [1.54, 1.807) is 12.1 Å². The molecular weight excluding hydrogens is 306 g/mol. The molecular formula is C15H14BrNO2. The average molecular weight is 320 g/mol. The Morgan fingerprint density at radius 3 is 2.47 bits per heavy atom. The van der Waals surface area contributed by atoms with Crippen LogP contribution in [0, 0.1) is 17.8 Å². The predicted octanol–water partition coefficient (Wildman–Crippen LogP) is 3.15. The van der Waals surface area contributed by atoms with Crippen LogP contribution in [-0.4, -0.2) is 11.8 Å². The normalized spacial score (nSPS) is 29.8. The lowest BCUT2D eigenvalue weighted by Gasteiger charge is -2.22. The summed E-state index contributed by atoms with van der Waals surface area (Å²) >= 11 is 3.36. The van der Waals surface area contributed by atoms with Crippen molar-refractivity contribution in [1.82, 2.24) is 0 Å². The van der Waals surface area contributed by atoms with Gasteiger partial charge in [0.2, 0.25) is 11.8 Å². The first-order chi connectivity index (χ1) is 9.09. The van der Waals surface area contributed by atoms with Crippen LogP contribution < -0.4 is 4.90 Å². The monoisotopic (exact) mass is 319 g/mol. The first-order valence-corrected chi connectivity index (χ1v) is 7.19. The molecule has 3 nitrogen and oxygen atoms in total. The second-order valence-electron chi connectivity index (χ2n) is 5.14. The lowest BCUT2D eigenvalue weighted by molar-refractivity contribution is -0.122. The fourth-order valence-corrected chi connectivity index (χ4v) is 3.26. The van der Waals surface area contributed by atoms with E-state index in [1.807, 2.05) is 31.2 Å². The van der Waals surface area contributed by atoms with Gasteiger partial charge in [0.15, 0.2) is 0 Å². The van der Waals surface area contributed by atoms with Crippen molar-refractivity contribution in [3.63, 3.8) is 0 Å². The van der Waals surface area contributed by atoms with Gasteiger partial charge in [-0.05, 0) is 36.6 Å². The van der Waals surface area contributed by atoms with Crippen molar-refractivity contribution in [2.75, 3.05) is 4.90 Å². The summed E-state index contributed by atoms with van der Waals surface area (Å²) in [4.78, 5) is 26.3. The van der Waals surface area contributed by atoms with Crippen molar-refractivity contribution in [1.29, 1.82) is 0 Å². The molecule has 1 aliphatic carbocycles. The third kappa shape index (κ3) is 1.94. The van der Waals surface area contributed by atoms with E-state index in [4.69, 9.17) is 0 Å². The summed E-state index contributed by atoms with van der Waals surface area (Å²) in [6.45, 7) is 2.00. The fourth-order valence-electron chi connectivity index (χ4n) is 2.99. The lowest BCUT2D eigenvalue weighted by Crippen LogP contribution is -2.31. The van der Waals surface area contributed by atoms with Gasteiger partial charge in [0, 0.05) is 4.47 Å². The Hall–Kier alpha value is -1.42. The molecule has 3 atom stereocenters. The minimum atomic E-state index is -0.193. The number of rotatable bonds is 1. The summed E-state index contributed by atoms with van der Waals surface area (Å²) in [6, 6.07) is 7.30. The van der Waals surface area contributed by atoms with Gasteiger partial charge in [-0.1, -0.05) is 35.0 Å². The van der Waals surface area contributed by atoms with E-state index < -0.39 is 0 Å². The first-order valence-electron chi connectivity index (χ1n) is 6.39. The maximum Gasteiger partial charge on any atom is 0.238 e. The molecule has 2 aliphatic rings. The summed E-state index contributed by atoms with van der Waals surface area (Å²) in [5, 5.41) is 0. The van der Waals surface area contributed by atoms with Gasteiger partial charge >= 0.3 is 0 Å². The van der Waals surface area contributed by atoms with E-state index in [-0.39, 0.29) is 29.6 Å². The number of halogens is 1. The third-order valence-corrected chi connectivity index (χ3v) is 4.49. The second-order valence-corrected chi connectivity index (χ2v) is 6.06. The topological polar surface area (TPSA) is 37.4 Å². The van der Waals surface area contributed by atoms with Gasteiger partial charge in [-0.2, -0.15) is 0 Å². The summed E-state index contributed by atoms with van der Waals surface area (Å²) in [7, 11) is 0. The summed E-state index contributed by atoms with van der Waals surface area (Å²) < 4.78 is 0.933. The highest BCUT2D eigenvalue weighted by Crippen LogP contribution is 2.40. The van der Waals surface area contributed by atoms with Gasteiger partial charge in [0.05, 0.1) is 17.5 Å². The Labute approximate surface area is 120 Å². The Morgan fingerprint density at radius 2 is 1.84 bits per heavy atom. The Kier molecular flexibility index (Phi) is 3.05. The molecule has 19 heavy (non-hydrogen) atoms. The average Bonchev–Trinajstić information content (AvgIpc) is 2.65. The van der Waals surface area contributed by atoms with Gasteiger partial charge in [0.1, 0.15) is 0 Å². The maximum absolute atomic E-state index is 12.5. The number of hydrogen-bond acceptors (Lipinski definition) is 2. The summed E-state index contributed by atoms with van der Waals surface area (Å²) in [6.07, 6.45) is 4.73. The van der Waals surface area contributed by atoms with Crippen LogP contribution in [0.25, 0.3) is 0 Å². The zero-order chi connectivity index (χ0) is 13.6. The van der Waals surface area contributed by atoms with Crippen LogP contribution in [-0.2, 0) is 9.59 Å². The fraction of sp³-hybridized carbons (Fsp3) is 0.333. The van der Waals surface area contributed by atoms with E-state index in [0.29, 0.717) is 12.1 Å². The predicted molar refractivity (Wildman–Crippen MR) is 76.5 cm³/mol. The van der Waals surface area contributed by atoms with Crippen LogP contribution in [0.15, 0.2) is 40.9 Å². The number of fused-ring (bicyclic) bond motifs is 1. The molecule has 0 radical (unpaired) electrons. The minimum Gasteiger partial charge on any atom is -0.274 e. The molecule has 0 aromatic heterocycles. The molecule has 1 fully saturated rings. The van der Waals surface area contributed by atoms with Crippen LogP contribution in [0.2, 0.25) is 0 Å². The molecule has 1 heterocycles. The number of benzene rings is 1. The molecule has 0 N–H and O–H groups in total. The van der Waals surface area contributed by atoms with Crippen molar-refractivity contribution in [2.45, 2.75) is 13.3 Å². The Balaban J connectivity index is 1.98. The number of carbonyl (C=O) groups excluding carboxylic acids is 2. The maximum atomic E-state index is 12.5. The van der Waals surface area contributed by atoms with Crippen LogP contribution in [0.5, 0.6) is 0 Å². The summed E-state index contributed by atoms with van der Waals surface area (Å²) in [5.41, 5.74) is 0.666. The van der Waals surface area contributed by atoms with Crippen molar-refractivity contribution >= 4 is 33.4 Å². The van der Waals surface area contributed by atoms with E-state index >= 15 is 0 Å². The largest absolute Gasteiger partial charge is 0.274 e. The third-order valence-electron chi connectivity index (χ3n) is 3.96. The van der Waals surface area contributed by atoms with Crippen LogP contribution in [0.3, 0.4) is 0 Å². The number of allylic oxidation sites excluding steroid dienone is 2. The second kappa shape index (κ2) is 4.60. The molecule has 98 valence electrons. The van der Waals surface area contributed by atoms with E-state index in [9.17, 15) is 9.59 Å². The molecule has 1 aromatic rings. The Morgan fingerprint density at radius 1 is 1.16 bits per heavy atom. The zero-order valence-corrected chi connectivity index (χ0v) is 12.1. The smallest absolute Gasteiger partial charge is 0.238 e. The van der Waals surface area contributed by atoms with Crippen LogP contribution in [0.4, 0.5) is 5.69 Å². The quantitative estimate of drug-likeness (QED) is 0.589. The van der Waals surface area contributed by atoms with Gasteiger partial charge in [-0.15, -0.1) is 0 Å². The highest BCUT2D eigenvalue weighted by Gasteiger charge is 2.50. The number of hydrogen-bond donors (Lipinski definition) is 0. The van der Waals surface area contributed by atoms with Crippen molar-refractivity contribution in [2.24, 2.45) is 17.8 Å². The molecule has 1 aliphatic heterocycles. The van der Waals surface area contributed by atoms with Gasteiger partial charge in [0.25, 0.3) is 0 Å². The SMILES string of the molecule is C[C@@H]1C=CC[C@@H]2C(=O)N(c3ccc(Br)cc3)C(=O)[C@@H]12. The van der Waals surface area contributed by atoms with E-state index in [2.05, 4.69) is 15.9 Å². The van der Waals surface area contributed by atoms with E-state index in [1.165, 1.54) is 4.90 Å². The standard InChI is InChI=1S/C15H14BrNO2/c1-9-3-2-4-12-13(9)15(19)17(14(12)18)11-7-5-10(16)6-8-11/h2-3,5-9,12-13H,4H2,1H3/t9-,12+,13+/m1/s1. The number of carbonyl (C=O) groups is 2. The molecule has 1 saturated heterocycles. The van der Waals surface area contributed by atoms with E-state index in [0.717, 1.165) is 4.47 Å². The Bertz CT molecular complexity index is 564. The highest BCUT2D eigenvalue weighted by molar-refractivity contribution is 9.10. The van der Waals surface area contributed by atoms with Gasteiger partial charge in [-0.3, -0.25) is 14.5 Å². The lowest BCUT2D eigenvalue weighted by atomic mass is 9.78. The molecule has 3 rings (SSSR count). The van der Waals surface area contributed by atoms with Gasteiger partial charge < -0.3 is 0 Å². The first kappa shape index (κ1) is 12.6. The number of nitrogens with zero attached hydrogens (tertiary/aromatic N) is 1. The van der Waals surface area contributed by atoms with Gasteiger partial charge in [-0.25, -0.2) is 0 Å². The molecule has 4 heteroatoms. The number of anilines is 1. The number of imide groups is 1. The molecule has 0 spiro atoms. The molecule has 2 amide bonds. The van der Waals surface area contributed by atoms with Crippen molar-refractivity contribution < 1.29 is 9.59 Å². The van der Waals surface area contributed by atoms with Crippen molar-refractivity contribution in [3.8, 4) is 0 Å². The molecule has 0 saturated carbocycles. The zero-order valence-electron chi connectivity index (χ0n) is 10.5. The summed E-state index contributed by atoms with van der Waals surface area (Å²) in [5.74, 6) is -0.365. The molecule has 1 aromatic carbocycles. The van der Waals surface area contributed by atoms with Crippen LogP contribution >= 0.6 is 15.9 Å². The number of amides is 2. The van der Waals surface area contributed by atoms with Crippen molar-refractivity contribution in [3.05, 3.63) is 40.9 Å². The highest BCUT2D eigenvalue weighted by atomic mass is 79.9. The van der Waals surface area contributed by atoms with Crippen LogP contribution in [0.1, 0.15) is 13.3 Å². The molecule has 0 unspecified atom stereocenters.